The number of carbonyl (C=O) groups is 1. The second-order valence-corrected chi connectivity index (χ2v) is 7.77. The van der Waals surface area contributed by atoms with E-state index in [2.05, 4.69) is 20.2 Å². The van der Waals surface area contributed by atoms with Gasteiger partial charge in [-0.25, -0.2) is 13.8 Å². The molecule has 2 aromatic rings. The van der Waals surface area contributed by atoms with E-state index >= 15 is 0 Å². The zero-order chi connectivity index (χ0) is 18.5. The molecule has 0 spiro atoms. The van der Waals surface area contributed by atoms with Gasteiger partial charge in [-0.15, -0.1) is 11.3 Å². The van der Waals surface area contributed by atoms with Crippen LogP contribution in [0.5, 0.6) is 0 Å². The summed E-state index contributed by atoms with van der Waals surface area (Å²) < 4.78 is 25.2. The molecular weight excluding hydrogens is 358 g/mol. The third-order valence-electron chi connectivity index (χ3n) is 4.41. The number of rotatable bonds is 6. The number of piperidine rings is 1. The summed E-state index contributed by atoms with van der Waals surface area (Å²) in [7, 11) is 0. The standard InChI is InChI=1S/C18H22F2N4OS/c1-12(25)23-18-22-9-15(26-18)11-24-6-2-3-14(10-24)7-13-4-5-16(17(19)20)21-8-13/h4-5,8-9,14,17H,2-3,6-7,10-11H2,1H3,(H,22,23,25)/t14-/m1/s1. The Morgan fingerprint density at radius 2 is 2.23 bits per heavy atom. The van der Waals surface area contributed by atoms with Crippen molar-refractivity contribution in [2.24, 2.45) is 5.92 Å². The molecule has 8 heteroatoms. The van der Waals surface area contributed by atoms with Crippen molar-refractivity contribution in [2.45, 2.75) is 39.2 Å². The minimum absolute atomic E-state index is 0.115. The van der Waals surface area contributed by atoms with Gasteiger partial charge >= 0.3 is 0 Å². The van der Waals surface area contributed by atoms with E-state index in [4.69, 9.17) is 0 Å². The molecule has 0 radical (unpaired) electrons. The van der Waals surface area contributed by atoms with Gasteiger partial charge in [0.15, 0.2) is 5.13 Å². The Hall–Kier alpha value is -1.93. The number of nitrogens with one attached hydrogen (secondary N) is 1. The van der Waals surface area contributed by atoms with Crippen molar-refractivity contribution in [1.82, 2.24) is 14.9 Å². The molecule has 3 heterocycles. The maximum Gasteiger partial charge on any atom is 0.280 e. The van der Waals surface area contributed by atoms with Crippen molar-refractivity contribution < 1.29 is 13.6 Å². The maximum atomic E-state index is 12.6. The van der Waals surface area contributed by atoms with Crippen molar-refractivity contribution in [2.75, 3.05) is 18.4 Å². The van der Waals surface area contributed by atoms with E-state index < -0.39 is 6.43 Å². The van der Waals surface area contributed by atoms with Gasteiger partial charge in [0.2, 0.25) is 5.91 Å². The lowest BCUT2D eigenvalue weighted by Crippen LogP contribution is -2.35. The Bertz CT molecular complexity index is 735. The van der Waals surface area contributed by atoms with Crippen molar-refractivity contribution in [3.8, 4) is 0 Å². The number of halogens is 2. The summed E-state index contributed by atoms with van der Waals surface area (Å²) in [5, 5.41) is 3.34. The van der Waals surface area contributed by atoms with Crippen LogP contribution in [0.4, 0.5) is 13.9 Å². The average molecular weight is 380 g/mol. The molecule has 1 N–H and O–H groups in total. The van der Waals surface area contributed by atoms with Crippen LogP contribution in [0.25, 0.3) is 0 Å². The van der Waals surface area contributed by atoms with Gasteiger partial charge < -0.3 is 5.32 Å². The van der Waals surface area contributed by atoms with E-state index in [1.54, 1.807) is 12.3 Å². The van der Waals surface area contributed by atoms with E-state index in [0.29, 0.717) is 11.0 Å². The van der Waals surface area contributed by atoms with Gasteiger partial charge in [-0.05, 0) is 43.4 Å². The van der Waals surface area contributed by atoms with E-state index in [0.717, 1.165) is 49.3 Å². The SMILES string of the molecule is CC(=O)Nc1ncc(CN2CCC[C@H](Cc3ccc(C(F)F)nc3)C2)s1. The topological polar surface area (TPSA) is 58.1 Å². The highest BCUT2D eigenvalue weighted by atomic mass is 32.1. The van der Waals surface area contributed by atoms with Gasteiger partial charge in [0.1, 0.15) is 5.69 Å². The molecule has 140 valence electrons. The van der Waals surface area contributed by atoms with Crippen LogP contribution in [0.1, 0.15) is 42.3 Å². The number of hydrogen-bond donors (Lipinski definition) is 1. The number of aromatic nitrogens is 2. The molecule has 1 amide bonds. The molecule has 3 rings (SSSR count). The fraction of sp³-hybridized carbons (Fsp3) is 0.500. The highest BCUT2D eigenvalue weighted by molar-refractivity contribution is 7.15. The van der Waals surface area contributed by atoms with E-state index in [1.807, 2.05) is 6.20 Å². The fourth-order valence-electron chi connectivity index (χ4n) is 3.29. The molecule has 0 aliphatic carbocycles. The zero-order valence-electron chi connectivity index (χ0n) is 14.6. The molecular formula is C18H22F2N4OS. The number of amides is 1. The summed E-state index contributed by atoms with van der Waals surface area (Å²) >= 11 is 1.50. The molecule has 1 atom stereocenters. The van der Waals surface area contributed by atoms with Crippen molar-refractivity contribution in [3.05, 3.63) is 40.7 Å². The number of likely N-dealkylation sites (tertiary alicyclic amines) is 1. The van der Waals surface area contributed by atoms with Crippen LogP contribution in [0.3, 0.4) is 0 Å². The highest BCUT2D eigenvalue weighted by Crippen LogP contribution is 2.25. The predicted octanol–water partition coefficient (Wildman–Crippen LogP) is 3.89. The average Bonchev–Trinajstić information content (AvgIpc) is 3.02. The normalized spacial score (nSPS) is 18.2. The quantitative estimate of drug-likeness (QED) is 0.826. The summed E-state index contributed by atoms with van der Waals surface area (Å²) in [6.45, 7) is 4.28. The summed E-state index contributed by atoms with van der Waals surface area (Å²) in [5.74, 6) is 0.376. The molecule has 1 aliphatic rings. The number of hydrogen-bond acceptors (Lipinski definition) is 5. The van der Waals surface area contributed by atoms with Crippen molar-refractivity contribution in [3.63, 3.8) is 0 Å². The summed E-state index contributed by atoms with van der Waals surface area (Å²) in [6.07, 6.45) is 3.97. The molecule has 1 fully saturated rings. The Morgan fingerprint density at radius 3 is 2.92 bits per heavy atom. The molecule has 0 unspecified atom stereocenters. The third-order valence-corrected chi connectivity index (χ3v) is 5.31. The van der Waals surface area contributed by atoms with Crippen LogP contribution in [-0.4, -0.2) is 33.9 Å². The van der Waals surface area contributed by atoms with Crippen molar-refractivity contribution >= 4 is 22.4 Å². The first-order valence-corrected chi connectivity index (χ1v) is 9.49. The van der Waals surface area contributed by atoms with Crippen molar-refractivity contribution in [1.29, 1.82) is 0 Å². The van der Waals surface area contributed by atoms with Crippen LogP contribution in [-0.2, 0) is 17.8 Å². The molecule has 26 heavy (non-hydrogen) atoms. The van der Waals surface area contributed by atoms with Gasteiger partial charge in [0.25, 0.3) is 6.43 Å². The van der Waals surface area contributed by atoms with Gasteiger partial charge in [0.05, 0.1) is 0 Å². The molecule has 2 aromatic heterocycles. The van der Waals surface area contributed by atoms with Crippen LogP contribution in [0.15, 0.2) is 24.5 Å². The number of thiazole rings is 1. The lowest BCUT2D eigenvalue weighted by molar-refractivity contribution is -0.114. The lowest BCUT2D eigenvalue weighted by Gasteiger charge is -2.32. The monoisotopic (exact) mass is 380 g/mol. The predicted molar refractivity (Wildman–Crippen MR) is 97.3 cm³/mol. The maximum absolute atomic E-state index is 12.6. The van der Waals surface area contributed by atoms with E-state index in [9.17, 15) is 13.6 Å². The second-order valence-electron chi connectivity index (χ2n) is 6.65. The number of carbonyl (C=O) groups excluding carboxylic acids is 1. The number of pyridine rings is 1. The highest BCUT2D eigenvalue weighted by Gasteiger charge is 2.21. The molecule has 0 aromatic carbocycles. The number of anilines is 1. The Morgan fingerprint density at radius 1 is 1.38 bits per heavy atom. The van der Waals surface area contributed by atoms with Gasteiger partial charge in [0, 0.05) is 37.3 Å². The second kappa shape index (κ2) is 8.64. The first kappa shape index (κ1) is 18.8. The minimum atomic E-state index is -2.52. The molecule has 1 saturated heterocycles. The first-order valence-electron chi connectivity index (χ1n) is 8.67. The van der Waals surface area contributed by atoms with Crippen LogP contribution in [0.2, 0.25) is 0 Å². The lowest BCUT2D eigenvalue weighted by atomic mass is 9.92. The first-order chi connectivity index (χ1) is 12.5. The van der Waals surface area contributed by atoms with Crippen LogP contribution in [0, 0.1) is 5.92 Å². The molecule has 1 aliphatic heterocycles. The van der Waals surface area contributed by atoms with E-state index in [-0.39, 0.29) is 11.6 Å². The van der Waals surface area contributed by atoms with Gasteiger partial charge in [-0.1, -0.05) is 6.07 Å². The number of nitrogens with zero attached hydrogens (tertiary/aromatic N) is 3. The van der Waals surface area contributed by atoms with Gasteiger partial charge in [-0.3, -0.25) is 14.7 Å². The largest absolute Gasteiger partial charge is 0.302 e. The summed E-state index contributed by atoms with van der Waals surface area (Å²) in [5.41, 5.74) is 0.839. The van der Waals surface area contributed by atoms with Crippen LogP contribution >= 0.6 is 11.3 Å². The molecule has 0 saturated carbocycles. The Balaban J connectivity index is 1.53. The third kappa shape index (κ3) is 5.28. The number of alkyl halides is 2. The minimum Gasteiger partial charge on any atom is -0.302 e. The summed E-state index contributed by atoms with van der Waals surface area (Å²) in [6, 6.07) is 3.18. The van der Waals surface area contributed by atoms with E-state index in [1.165, 1.54) is 24.3 Å². The summed E-state index contributed by atoms with van der Waals surface area (Å²) in [4.78, 5) is 22.7. The molecule has 0 bridgehead atoms. The smallest absolute Gasteiger partial charge is 0.280 e. The zero-order valence-corrected chi connectivity index (χ0v) is 15.4. The Labute approximate surface area is 155 Å². The fourth-order valence-corrected chi connectivity index (χ4v) is 4.19. The van der Waals surface area contributed by atoms with Crippen LogP contribution < -0.4 is 5.32 Å². The van der Waals surface area contributed by atoms with Gasteiger partial charge in [-0.2, -0.15) is 0 Å². The Kier molecular flexibility index (Phi) is 6.26. The molecule has 5 nitrogen and oxygen atoms in total.